The quantitative estimate of drug-likeness (QED) is 0.110. The number of hydrogen-bond donors (Lipinski definition) is 2. The van der Waals surface area contributed by atoms with Crippen molar-refractivity contribution in [3.8, 4) is 5.75 Å². The number of imide groups is 1. The van der Waals surface area contributed by atoms with Crippen molar-refractivity contribution < 1.29 is 24.0 Å². The summed E-state index contributed by atoms with van der Waals surface area (Å²) in [7, 11) is 0. The van der Waals surface area contributed by atoms with E-state index in [4.69, 9.17) is 19.5 Å². The number of carbonyl (C=O) groups is 3. The number of aryl methyl sites for hydroxylation is 4. The fourth-order valence-corrected chi connectivity index (χ4v) is 8.82. The molecule has 298 valence electrons. The van der Waals surface area contributed by atoms with Gasteiger partial charge in [-0.15, -0.1) is 5.06 Å². The topological polar surface area (TPSA) is 130 Å². The normalized spacial score (nSPS) is 14.5. The van der Waals surface area contributed by atoms with Crippen molar-refractivity contribution in [2.24, 2.45) is 0 Å². The van der Waals surface area contributed by atoms with Crippen LogP contribution in [0.4, 0.5) is 0 Å². The van der Waals surface area contributed by atoms with Crippen LogP contribution in [-0.4, -0.2) is 49.4 Å². The first kappa shape index (κ1) is 40.7. The molecule has 2 amide bonds. The van der Waals surface area contributed by atoms with Crippen molar-refractivity contribution in [3.05, 3.63) is 63.2 Å². The van der Waals surface area contributed by atoms with Crippen LogP contribution in [0.1, 0.15) is 165 Å². The van der Waals surface area contributed by atoms with Gasteiger partial charge >= 0.3 is 5.97 Å². The number of aromatic amines is 2. The highest BCUT2D eigenvalue weighted by molar-refractivity contribution is 6.01. The molecule has 3 aromatic rings. The molecule has 0 spiro atoms. The largest absolute Gasteiger partial charge is 0.489 e. The van der Waals surface area contributed by atoms with Crippen molar-refractivity contribution in [2.45, 2.75) is 145 Å². The smallest absolute Gasteiger partial charge is 0.333 e. The van der Waals surface area contributed by atoms with Gasteiger partial charge in [0.2, 0.25) is 0 Å². The van der Waals surface area contributed by atoms with Crippen LogP contribution < -0.4 is 4.74 Å². The maximum absolute atomic E-state index is 12.4. The molecule has 3 aliphatic rings. The van der Waals surface area contributed by atoms with E-state index < -0.39 is 17.8 Å². The highest BCUT2D eigenvalue weighted by atomic mass is 16.7. The number of allylic oxidation sites excluding steroid dienone is 4. The second-order valence-corrected chi connectivity index (χ2v) is 14.7. The summed E-state index contributed by atoms with van der Waals surface area (Å²) in [6.07, 6.45) is 9.15. The molecule has 0 aromatic carbocycles. The summed E-state index contributed by atoms with van der Waals surface area (Å²) >= 11 is 0. The van der Waals surface area contributed by atoms with Crippen LogP contribution in [0, 0.1) is 0 Å². The van der Waals surface area contributed by atoms with E-state index in [2.05, 4.69) is 83.6 Å². The molecule has 6 rings (SSSR count). The lowest BCUT2D eigenvalue weighted by Crippen LogP contribution is -2.31. The number of rotatable bonds is 16. The molecule has 3 aromatic heterocycles. The Morgan fingerprint density at radius 3 is 1.61 bits per heavy atom. The molecule has 0 aliphatic carbocycles. The first-order valence-corrected chi connectivity index (χ1v) is 21.1. The Labute approximate surface area is 331 Å². The molecule has 3 aliphatic heterocycles. The number of unbranched alkanes of at least 4 members (excludes halogenated alkanes) is 2. The zero-order valence-corrected chi connectivity index (χ0v) is 34.7. The van der Waals surface area contributed by atoms with Crippen molar-refractivity contribution in [1.29, 1.82) is 0 Å². The summed E-state index contributed by atoms with van der Waals surface area (Å²) in [5.74, 6) is -0.754. The first-order valence-electron chi connectivity index (χ1n) is 21.1. The minimum Gasteiger partial charge on any atom is -0.489 e. The zero-order chi connectivity index (χ0) is 40.1. The average Bonchev–Trinajstić information content (AvgIpc) is 3.99. The Hall–Kier alpha value is -4.99. The van der Waals surface area contributed by atoms with Gasteiger partial charge in [0, 0.05) is 35.8 Å². The standard InChI is InChI=1S/C46H59N5O5/c1-9-27-29(11-3)37-25-39-31(13-5)33(15-7)44(49-39)46(55-23-19-17-18-20-43(54)56-51-41(52)21-22-42(51)53)45-34(16-8)32(14-6)40(50-45)26-38-30(12-4)28(10-2)36(48-38)24-35(27)47-37/h24-26,47,50H,9-23H2,1-8H3. The number of aromatic nitrogens is 4. The lowest BCUT2D eigenvalue weighted by molar-refractivity contribution is -0.197. The molecule has 1 fully saturated rings. The third kappa shape index (κ3) is 7.71. The summed E-state index contributed by atoms with van der Waals surface area (Å²) in [4.78, 5) is 59.7. The van der Waals surface area contributed by atoms with E-state index in [-0.39, 0.29) is 19.3 Å². The van der Waals surface area contributed by atoms with Gasteiger partial charge in [0.1, 0.15) is 5.69 Å². The van der Waals surface area contributed by atoms with Crippen LogP contribution in [0.15, 0.2) is 18.2 Å². The number of nitrogens with one attached hydrogen (secondary N) is 2. The molecule has 0 saturated carbocycles. The SMILES string of the molecule is CCC1=C(CC)c2cc3[nH]c(c(CC)c3CC)c(OCCCCCC(=O)ON3C(=O)CCC3=O)c3nc(cc4[nH]c(cc1n2)c(CC)c4CC)C(CC)=C3CC. The van der Waals surface area contributed by atoms with Gasteiger partial charge in [-0.2, -0.15) is 0 Å². The number of hydrogen-bond acceptors (Lipinski definition) is 7. The summed E-state index contributed by atoms with van der Waals surface area (Å²) in [6, 6.07) is 6.77. The number of ether oxygens (including phenoxy) is 1. The maximum atomic E-state index is 12.4. The minimum atomic E-state index is -0.575. The fourth-order valence-electron chi connectivity index (χ4n) is 8.82. The second kappa shape index (κ2) is 17.9. The molecule has 10 heteroatoms. The molecule has 0 radical (unpaired) electrons. The monoisotopic (exact) mass is 761 g/mol. The van der Waals surface area contributed by atoms with Gasteiger partial charge in [-0.1, -0.05) is 55.4 Å². The van der Waals surface area contributed by atoms with E-state index in [1.807, 2.05) is 0 Å². The summed E-state index contributed by atoms with van der Waals surface area (Å²) in [5, 5.41) is 0.614. The Bertz CT molecular complexity index is 2240. The van der Waals surface area contributed by atoms with Gasteiger partial charge < -0.3 is 19.5 Å². The Kier molecular flexibility index (Phi) is 13.0. The van der Waals surface area contributed by atoms with Gasteiger partial charge in [0.15, 0.2) is 5.75 Å². The van der Waals surface area contributed by atoms with Crippen molar-refractivity contribution in [3.63, 3.8) is 0 Å². The molecule has 56 heavy (non-hydrogen) atoms. The Morgan fingerprint density at radius 1 is 0.607 bits per heavy atom. The third-order valence-electron chi connectivity index (χ3n) is 11.5. The highest BCUT2D eigenvalue weighted by Crippen LogP contribution is 2.43. The third-order valence-corrected chi connectivity index (χ3v) is 11.5. The number of carbonyl (C=O) groups excluding carboxylic acids is 3. The lowest BCUT2D eigenvalue weighted by Gasteiger charge is -2.13. The van der Waals surface area contributed by atoms with Crippen LogP contribution in [0.5, 0.6) is 5.75 Å². The van der Waals surface area contributed by atoms with Crippen LogP contribution in [-0.2, 0) is 44.9 Å². The molecule has 1 saturated heterocycles. The van der Waals surface area contributed by atoms with Gasteiger partial charge in [0.05, 0.1) is 29.2 Å². The number of nitrogens with zero attached hydrogens (tertiary/aromatic N) is 3. The Morgan fingerprint density at radius 2 is 1.09 bits per heavy atom. The summed E-state index contributed by atoms with van der Waals surface area (Å²) < 4.78 is 6.88. The predicted molar refractivity (Wildman–Crippen MR) is 224 cm³/mol. The van der Waals surface area contributed by atoms with Crippen LogP contribution >= 0.6 is 0 Å². The molecule has 10 nitrogen and oxygen atoms in total. The fraction of sp³-hybridized carbons (Fsp3) is 0.500. The van der Waals surface area contributed by atoms with Crippen molar-refractivity contribution in [2.75, 3.05) is 6.61 Å². The van der Waals surface area contributed by atoms with E-state index in [1.54, 1.807) is 0 Å². The van der Waals surface area contributed by atoms with Crippen LogP contribution in [0.2, 0.25) is 0 Å². The molecule has 6 heterocycles. The first-order chi connectivity index (χ1) is 27.2. The maximum Gasteiger partial charge on any atom is 0.333 e. The van der Waals surface area contributed by atoms with Gasteiger partial charge in [-0.25, -0.2) is 14.8 Å². The van der Waals surface area contributed by atoms with E-state index in [9.17, 15) is 14.4 Å². The van der Waals surface area contributed by atoms with Crippen molar-refractivity contribution in [1.82, 2.24) is 25.0 Å². The molecule has 0 unspecified atom stereocenters. The Balaban J connectivity index is 1.51. The van der Waals surface area contributed by atoms with Gasteiger partial charge in [-0.3, -0.25) is 9.59 Å². The van der Waals surface area contributed by atoms with Gasteiger partial charge in [-0.05, 0) is 133 Å². The molecule has 8 bridgehead atoms. The molecule has 0 atom stereocenters. The molecular weight excluding hydrogens is 703 g/mol. The predicted octanol–water partition coefficient (Wildman–Crippen LogP) is 10.6. The van der Waals surface area contributed by atoms with Gasteiger partial charge in [0.25, 0.3) is 11.8 Å². The number of fused-ring (bicyclic) bond motifs is 8. The van der Waals surface area contributed by atoms with E-state index in [0.717, 1.165) is 102 Å². The average molecular weight is 762 g/mol. The van der Waals surface area contributed by atoms with Crippen molar-refractivity contribution >= 4 is 62.1 Å². The molecule has 2 N–H and O–H groups in total. The molecular formula is C46H59N5O5. The summed E-state index contributed by atoms with van der Waals surface area (Å²) in [5.41, 5.74) is 18.3. The van der Waals surface area contributed by atoms with Crippen LogP contribution in [0.25, 0.3) is 44.4 Å². The number of amides is 2. The van der Waals surface area contributed by atoms with Crippen LogP contribution in [0.3, 0.4) is 0 Å². The minimum absolute atomic E-state index is 0.0788. The van der Waals surface area contributed by atoms with E-state index in [0.29, 0.717) is 30.9 Å². The van der Waals surface area contributed by atoms with E-state index >= 15 is 0 Å². The van der Waals surface area contributed by atoms with E-state index in [1.165, 1.54) is 44.5 Å². The summed E-state index contributed by atoms with van der Waals surface area (Å²) in [6.45, 7) is 18.2. The number of H-pyrrole nitrogens is 2. The lowest BCUT2D eigenvalue weighted by atomic mass is 9.98. The second-order valence-electron chi connectivity index (χ2n) is 14.7. The zero-order valence-electron chi connectivity index (χ0n) is 34.7. The number of hydroxylamine groups is 2. The highest BCUT2D eigenvalue weighted by Gasteiger charge is 2.33.